The minimum Gasteiger partial charge on any atom is -0.378 e. The Hall–Kier alpha value is -1.12. The molecule has 1 heterocycles. The van der Waals surface area contributed by atoms with Gasteiger partial charge in [0.15, 0.2) is 0 Å². The van der Waals surface area contributed by atoms with E-state index in [9.17, 15) is 8.78 Å². The van der Waals surface area contributed by atoms with Gasteiger partial charge in [-0.25, -0.2) is 0 Å². The standard InChI is InChI=1S/C9H9F2N/c1-6-3-2-4-7-8(6)9(10,11)5-12-7/h2-4,12H,5H2,1H3. The second-order valence-corrected chi connectivity index (χ2v) is 3.06. The van der Waals surface area contributed by atoms with Crippen LogP contribution < -0.4 is 5.32 Å². The molecule has 0 unspecified atom stereocenters. The Kier molecular flexibility index (Phi) is 1.37. The third-order valence-corrected chi connectivity index (χ3v) is 2.14. The Labute approximate surface area is 69.4 Å². The highest BCUT2D eigenvalue weighted by atomic mass is 19.3. The van der Waals surface area contributed by atoms with Crippen molar-refractivity contribution in [3.8, 4) is 0 Å². The lowest BCUT2D eigenvalue weighted by Crippen LogP contribution is -2.16. The van der Waals surface area contributed by atoms with Gasteiger partial charge < -0.3 is 5.32 Å². The van der Waals surface area contributed by atoms with E-state index < -0.39 is 5.92 Å². The van der Waals surface area contributed by atoms with Crippen LogP contribution in [0.15, 0.2) is 18.2 Å². The van der Waals surface area contributed by atoms with Crippen LogP contribution in [-0.2, 0) is 5.92 Å². The molecule has 0 saturated carbocycles. The van der Waals surface area contributed by atoms with Gasteiger partial charge in [-0.3, -0.25) is 0 Å². The third kappa shape index (κ3) is 0.891. The highest BCUT2D eigenvalue weighted by Crippen LogP contribution is 2.40. The molecule has 1 aliphatic rings. The van der Waals surface area contributed by atoms with Gasteiger partial charge in [-0.15, -0.1) is 0 Å². The van der Waals surface area contributed by atoms with Crippen molar-refractivity contribution in [2.45, 2.75) is 12.8 Å². The maximum Gasteiger partial charge on any atom is 0.292 e. The molecule has 0 aliphatic carbocycles. The predicted octanol–water partition coefficient (Wildman–Crippen LogP) is 2.51. The molecule has 1 N–H and O–H groups in total. The molecule has 0 aromatic heterocycles. The summed E-state index contributed by atoms with van der Waals surface area (Å²) in [5, 5.41) is 2.68. The summed E-state index contributed by atoms with van der Waals surface area (Å²) in [5.74, 6) is -2.69. The van der Waals surface area contributed by atoms with Gasteiger partial charge in [0, 0.05) is 11.3 Å². The molecule has 0 saturated heterocycles. The van der Waals surface area contributed by atoms with Crippen molar-refractivity contribution in [2.24, 2.45) is 0 Å². The van der Waals surface area contributed by atoms with E-state index in [4.69, 9.17) is 0 Å². The fourth-order valence-electron chi connectivity index (χ4n) is 1.60. The third-order valence-electron chi connectivity index (χ3n) is 2.14. The van der Waals surface area contributed by atoms with E-state index in [0.29, 0.717) is 11.3 Å². The molecule has 2 rings (SSSR count). The molecule has 1 aromatic rings. The predicted molar refractivity (Wildman–Crippen MR) is 43.6 cm³/mol. The molecule has 1 aliphatic heterocycles. The summed E-state index contributed by atoms with van der Waals surface area (Å²) in [6.45, 7) is 1.44. The average molecular weight is 169 g/mol. The van der Waals surface area contributed by atoms with E-state index in [1.54, 1.807) is 25.1 Å². The normalized spacial score (nSPS) is 18.6. The van der Waals surface area contributed by atoms with Gasteiger partial charge in [-0.2, -0.15) is 8.78 Å². The summed E-state index contributed by atoms with van der Waals surface area (Å²) in [4.78, 5) is 0. The summed E-state index contributed by atoms with van der Waals surface area (Å²) in [6.07, 6.45) is 0. The van der Waals surface area contributed by atoms with Crippen molar-refractivity contribution in [1.82, 2.24) is 0 Å². The highest BCUT2D eigenvalue weighted by Gasteiger charge is 2.40. The van der Waals surface area contributed by atoms with E-state index in [1.807, 2.05) is 0 Å². The monoisotopic (exact) mass is 169 g/mol. The minimum absolute atomic E-state index is 0.157. The van der Waals surface area contributed by atoms with Crippen molar-refractivity contribution < 1.29 is 8.78 Å². The second kappa shape index (κ2) is 2.19. The first-order valence-electron chi connectivity index (χ1n) is 3.83. The zero-order valence-electron chi connectivity index (χ0n) is 6.70. The van der Waals surface area contributed by atoms with Crippen molar-refractivity contribution in [3.05, 3.63) is 29.3 Å². The number of aryl methyl sites for hydroxylation is 1. The zero-order valence-corrected chi connectivity index (χ0v) is 6.70. The Morgan fingerprint density at radius 1 is 1.42 bits per heavy atom. The summed E-state index contributed by atoms with van der Waals surface area (Å²) in [6, 6.07) is 5.17. The van der Waals surface area contributed by atoms with Crippen LogP contribution in [0.5, 0.6) is 0 Å². The number of hydrogen-bond acceptors (Lipinski definition) is 1. The summed E-state index contributed by atoms with van der Waals surface area (Å²) < 4.78 is 26.3. The van der Waals surface area contributed by atoms with Crippen LogP contribution in [0.2, 0.25) is 0 Å². The fraction of sp³-hybridized carbons (Fsp3) is 0.333. The van der Waals surface area contributed by atoms with E-state index in [0.717, 1.165) is 0 Å². The van der Waals surface area contributed by atoms with Crippen LogP contribution in [0.4, 0.5) is 14.5 Å². The van der Waals surface area contributed by atoms with Gasteiger partial charge in [-0.1, -0.05) is 12.1 Å². The van der Waals surface area contributed by atoms with Crippen molar-refractivity contribution in [3.63, 3.8) is 0 Å². The number of nitrogens with one attached hydrogen (secondary N) is 1. The first-order valence-corrected chi connectivity index (χ1v) is 3.83. The van der Waals surface area contributed by atoms with Crippen LogP contribution in [-0.4, -0.2) is 6.54 Å². The number of anilines is 1. The first kappa shape index (κ1) is 7.53. The van der Waals surface area contributed by atoms with Gasteiger partial charge >= 0.3 is 0 Å². The van der Waals surface area contributed by atoms with Gasteiger partial charge in [0.25, 0.3) is 5.92 Å². The van der Waals surface area contributed by atoms with Crippen molar-refractivity contribution in [1.29, 1.82) is 0 Å². The smallest absolute Gasteiger partial charge is 0.292 e. The Morgan fingerprint density at radius 3 is 2.83 bits per heavy atom. The second-order valence-electron chi connectivity index (χ2n) is 3.06. The number of fused-ring (bicyclic) bond motifs is 1. The van der Waals surface area contributed by atoms with Crippen LogP contribution in [0.25, 0.3) is 0 Å². The molecule has 0 fully saturated rings. The quantitative estimate of drug-likeness (QED) is 0.629. The fourth-order valence-corrected chi connectivity index (χ4v) is 1.60. The zero-order chi connectivity index (χ0) is 8.77. The molecule has 12 heavy (non-hydrogen) atoms. The topological polar surface area (TPSA) is 12.0 Å². The molecule has 0 amide bonds. The van der Waals surface area contributed by atoms with E-state index in [2.05, 4.69) is 5.32 Å². The number of alkyl halides is 2. The first-order chi connectivity index (χ1) is 5.61. The number of halogens is 2. The van der Waals surface area contributed by atoms with E-state index in [-0.39, 0.29) is 12.1 Å². The van der Waals surface area contributed by atoms with Gasteiger partial charge in [-0.05, 0) is 18.6 Å². The number of rotatable bonds is 0. The largest absolute Gasteiger partial charge is 0.378 e. The molecule has 64 valence electrons. The Balaban J connectivity index is 2.64. The SMILES string of the molecule is Cc1cccc2c1C(F)(F)CN2. The van der Waals surface area contributed by atoms with E-state index in [1.165, 1.54) is 0 Å². The molecular weight excluding hydrogens is 160 g/mol. The molecule has 0 bridgehead atoms. The Morgan fingerprint density at radius 2 is 2.17 bits per heavy atom. The summed E-state index contributed by atoms with van der Waals surface area (Å²) >= 11 is 0. The summed E-state index contributed by atoms with van der Waals surface area (Å²) in [5.41, 5.74) is 1.38. The van der Waals surface area contributed by atoms with Crippen molar-refractivity contribution >= 4 is 5.69 Å². The lowest BCUT2D eigenvalue weighted by Gasteiger charge is -2.10. The summed E-state index contributed by atoms with van der Waals surface area (Å²) in [7, 11) is 0. The molecule has 1 nitrogen and oxygen atoms in total. The molecule has 0 atom stereocenters. The Bertz CT molecular complexity index is 320. The molecular formula is C9H9F2N. The van der Waals surface area contributed by atoms with Crippen LogP contribution in [0.1, 0.15) is 11.1 Å². The van der Waals surface area contributed by atoms with Gasteiger partial charge in [0.2, 0.25) is 0 Å². The molecule has 1 aromatic carbocycles. The van der Waals surface area contributed by atoms with Crippen LogP contribution >= 0.6 is 0 Å². The highest BCUT2D eigenvalue weighted by molar-refractivity contribution is 5.61. The lowest BCUT2D eigenvalue weighted by molar-refractivity contribution is 0.0180. The molecule has 3 heteroatoms. The van der Waals surface area contributed by atoms with Gasteiger partial charge in [0.05, 0.1) is 6.54 Å². The average Bonchev–Trinajstić information content (AvgIpc) is 2.29. The lowest BCUT2D eigenvalue weighted by atomic mass is 10.0. The number of benzene rings is 1. The van der Waals surface area contributed by atoms with Crippen LogP contribution in [0, 0.1) is 6.92 Å². The van der Waals surface area contributed by atoms with E-state index >= 15 is 0 Å². The maximum atomic E-state index is 13.1. The van der Waals surface area contributed by atoms with Crippen LogP contribution in [0.3, 0.4) is 0 Å². The molecule has 0 spiro atoms. The van der Waals surface area contributed by atoms with Crippen molar-refractivity contribution in [2.75, 3.05) is 11.9 Å². The minimum atomic E-state index is -2.69. The molecule has 0 radical (unpaired) electrons. The maximum absolute atomic E-state index is 13.1. The number of hydrogen-bond donors (Lipinski definition) is 1. The van der Waals surface area contributed by atoms with Gasteiger partial charge in [0.1, 0.15) is 0 Å².